The third-order valence-electron chi connectivity index (χ3n) is 6.33. The first-order valence-corrected chi connectivity index (χ1v) is 10.3. The van der Waals surface area contributed by atoms with Crippen molar-refractivity contribution >= 4 is 11.8 Å². The molecule has 0 aromatic heterocycles. The van der Waals surface area contributed by atoms with Crippen LogP contribution in [0.5, 0.6) is 5.75 Å². The number of fused-ring (bicyclic) bond motifs is 1. The first-order valence-electron chi connectivity index (χ1n) is 10.3. The predicted octanol–water partition coefficient (Wildman–Crippen LogP) is 2.16. The maximum absolute atomic E-state index is 13.2. The van der Waals surface area contributed by atoms with E-state index >= 15 is 0 Å². The molecule has 1 saturated heterocycles. The lowest BCUT2D eigenvalue weighted by Gasteiger charge is -2.45. The van der Waals surface area contributed by atoms with E-state index < -0.39 is 5.41 Å². The van der Waals surface area contributed by atoms with Crippen molar-refractivity contribution in [3.63, 3.8) is 0 Å². The largest absolute Gasteiger partial charge is 0.489 e. The molecule has 4 rings (SSSR count). The molecule has 3 aliphatic rings. The van der Waals surface area contributed by atoms with Crippen molar-refractivity contribution in [3.8, 4) is 5.75 Å². The predicted molar refractivity (Wildman–Crippen MR) is 107 cm³/mol. The molecule has 1 aromatic carbocycles. The van der Waals surface area contributed by atoms with Gasteiger partial charge in [0.15, 0.2) is 0 Å². The molecular weight excluding hydrogens is 354 g/mol. The number of rotatable bonds is 0. The molecule has 150 valence electrons. The third-order valence-corrected chi connectivity index (χ3v) is 6.33. The van der Waals surface area contributed by atoms with Crippen molar-refractivity contribution in [1.29, 1.82) is 0 Å². The van der Waals surface area contributed by atoms with E-state index in [9.17, 15) is 9.59 Å². The van der Waals surface area contributed by atoms with E-state index in [0.717, 1.165) is 25.7 Å². The Balaban J connectivity index is 1.62. The fourth-order valence-corrected chi connectivity index (χ4v) is 4.41. The molecule has 28 heavy (non-hydrogen) atoms. The zero-order valence-corrected chi connectivity index (χ0v) is 16.3. The van der Waals surface area contributed by atoms with Gasteiger partial charge in [0.1, 0.15) is 12.4 Å². The van der Waals surface area contributed by atoms with Gasteiger partial charge in [0.2, 0.25) is 5.91 Å². The van der Waals surface area contributed by atoms with E-state index in [2.05, 4.69) is 16.0 Å². The van der Waals surface area contributed by atoms with Crippen molar-refractivity contribution in [3.05, 3.63) is 42.0 Å². The van der Waals surface area contributed by atoms with Gasteiger partial charge in [0, 0.05) is 19.6 Å². The van der Waals surface area contributed by atoms with Crippen molar-refractivity contribution in [1.82, 2.24) is 16.0 Å². The summed E-state index contributed by atoms with van der Waals surface area (Å²) in [5, 5.41) is 9.69. The van der Waals surface area contributed by atoms with Crippen LogP contribution >= 0.6 is 0 Å². The number of amides is 2. The summed E-state index contributed by atoms with van der Waals surface area (Å²) in [5.41, 5.74) is -0.227. The number of allylic oxidation sites excluding steroid dienone is 1. The molecule has 6 nitrogen and oxygen atoms in total. The van der Waals surface area contributed by atoms with Crippen LogP contribution in [0.4, 0.5) is 0 Å². The van der Waals surface area contributed by atoms with Gasteiger partial charge in [-0.2, -0.15) is 0 Å². The molecule has 0 bridgehead atoms. The molecular formula is C22H29N3O3. The summed E-state index contributed by atoms with van der Waals surface area (Å²) in [6, 6.07) is 7.31. The molecule has 1 aliphatic carbocycles. The number of nitrogens with one attached hydrogen (secondary N) is 3. The zero-order chi connectivity index (χ0) is 19.5. The first-order chi connectivity index (χ1) is 13.6. The van der Waals surface area contributed by atoms with Crippen LogP contribution in [0.2, 0.25) is 0 Å². The van der Waals surface area contributed by atoms with Crippen molar-refractivity contribution < 1.29 is 14.3 Å². The van der Waals surface area contributed by atoms with Crippen LogP contribution in [-0.2, 0) is 4.79 Å². The van der Waals surface area contributed by atoms with Crippen molar-refractivity contribution in [2.45, 2.75) is 44.1 Å². The normalized spacial score (nSPS) is 25.4. The monoisotopic (exact) mass is 383 g/mol. The second-order valence-electron chi connectivity index (χ2n) is 8.34. The number of hydrogen-bond acceptors (Lipinski definition) is 4. The summed E-state index contributed by atoms with van der Waals surface area (Å²) in [7, 11) is 0. The molecule has 2 amide bonds. The Morgan fingerprint density at radius 1 is 0.929 bits per heavy atom. The third kappa shape index (κ3) is 3.78. The summed E-state index contributed by atoms with van der Waals surface area (Å²) in [6.45, 7) is 2.20. The highest BCUT2D eigenvalue weighted by molar-refractivity contribution is 5.97. The maximum Gasteiger partial charge on any atom is 0.255 e. The Kier molecular flexibility index (Phi) is 5.40. The van der Waals surface area contributed by atoms with Crippen molar-refractivity contribution in [2.75, 3.05) is 26.2 Å². The maximum atomic E-state index is 13.2. The lowest BCUT2D eigenvalue weighted by Crippen LogP contribution is -2.66. The van der Waals surface area contributed by atoms with Gasteiger partial charge in [-0.1, -0.05) is 43.5 Å². The highest BCUT2D eigenvalue weighted by atomic mass is 16.5. The van der Waals surface area contributed by atoms with E-state index in [1.54, 1.807) is 6.07 Å². The number of ether oxygens (including phenoxy) is 1. The molecule has 2 fully saturated rings. The van der Waals surface area contributed by atoms with Gasteiger partial charge in [-0.05, 0) is 31.4 Å². The van der Waals surface area contributed by atoms with Crippen LogP contribution in [0, 0.1) is 5.41 Å². The van der Waals surface area contributed by atoms with Gasteiger partial charge in [-0.3, -0.25) is 9.59 Å². The molecule has 2 spiro atoms. The average Bonchev–Trinajstić information content (AvgIpc) is 2.68. The Hall–Kier alpha value is -2.34. The van der Waals surface area contributed by atoms with Gasteiger partial charge >= 0.3 is 0 Å². The molecule has 2 aliphatic heterocycles. The molecule has 1 saturated carbocycles. The summed E-state index contributed by atoms with van der Waals surface area (Å²) in [6.07, 6.45) is 9.78. The molecule has 1 aromatic rings. The molecule has 0 radical (unpaired) electrons. The summed E-state index contributed by atoms with van der Waals surface area (Å²) in [5.74, 6) is 0.532. The van der Waals surface area contributed by atoms with Gasteiger partial charge in [-0.25, -0.2) is 0 Å². The second-order valence-corrected chi connectivity index (χ2v) is 8.34. The number of benzene rings is 1. The van der Waals surface area contributed by atoms with Crippen molar-refractivity contribution in [2.24, 2.45) is 5.41 Å². The SMILES string of the molecule is O=C1NCC2(CCCCC2)NC(=O)C2(C/C=C/COc3ccccc31)CNC2. The summed E-state index contributed by atoms with van der Waals surface area (Å²) in [4.78, 5) is 26.1. The fourth-order valence-electron chi connectivity index (χ4n) is 4.41. The smallest absolute Gasteiger partial charge is 0.255 e. The topological polar surface area (TPSA) is 79.5 Å². The minimum Gasteiger partial charge on any atom is -0.489 e. The Bertz CT molecular complexity index is 764. The van der Waals surface area contributed by atoms with E-state index in [-0.39, 0.29) is 17.4 Å². The molecule has 2 heterocycles. The number of para-hydroxylation sites is 1. The zero-order valence-electron chi connectivity index (χ0n) is 16.3. The van der Waals surface area contributed by atoms with E-state index in [1.807, 2.05) is 30.4 Å². The van der Waals surface area contributed by atoms with Crippen LogP contribution in [0.3, 0.4) is 0 Å². The lowest BCUT2D eigenvalue weighted by molar-refractivity contribution is -0.136. The average molecular weight is 383 g/mol. The molecule has 6 heteroatoms. The van der Waals surface area contributed by atoms with Crippen LogP contribution < -0.4 is 20.7 Å². The van der Waals surface area contributed by atoms with Gasteiger partial charge in [-0.15, -0.1) is 0 Å². The minimum absolute atomic E-state index is 0.102. The lowest BCUT2D eigenvalue weighted by atomic mass is 9.75. The van der Waals surface area contributed by atoms with Crippen LogP contribution in [0.1, 0.15) is 48.9 Å². The van der Waals surface area contributed by atoms with Gasteiger partial charge in [0.25, 0.3) is 5.91 Å². The van der Waals surface area contributed by atoms with Crippen LogP contribution in [-0.4, -0.2) is 43.6 Å². The van der Waals surface area contributed by atoms with Gasteiger partial charge in [0.05, 0.1) is 16.5 Å². The molecule has 0 atom stereocenters. The highest BCUT2D eigenvalue weighted by Gasteiger charge is 2.46. The quantitative estimate of drug-likeness (QED) is 0.600. The Labute approximate surface area is 166 Å². The van der Waals surface area contributed by atoms with Crippen LogP contribution in [0.15, 0.2) is 36.4 Å². The highest BCUT2D eigenvalue weighted by Crippen LogP contribution is 2.33. The number of carbonyl (C=O) groups excluding carboxylic acids is 2. The second kappa shape index (κ2) is 7.95. The molecule has 0 unspecified atom stereocenters. The fraction of sp³-hybridized carbons (Fsp3) is 0.545. The Morgan fingerprint density at radius 2 is 1.71 bits per heavy atom. The summed E-state index contributed by atoms with van der Waals surface area (Å²) < 4.78 is 5.82. The Morgan fingerprint density at radius 3 is 2.46 bits per heavy atom. The van der Waals surface area contributed by atoms with E-state index in [1.165, 1.54) is 6.42 Å². The standard InChI is InChI=1S/C22H29N3O3/c26-19-17-8-2-3-9-18(17)28-13-7-6-10-21(14-23-15-21)20(27)25-22(16-24-19)11-4-1-5-12-22/h2-3,6-9,23H,1,4-5,10-16H2,(H,24,26)(H,25,27)/b7-6+. The number of carbonyl (C=O) groups is 2. The van der Waals surface area contributed by atoms with Gasteiger partial charge < -0.3 is 20.7 Å². The number of hydrogen-bond donors (Lipinski definition) is 3. The summed E-state index contributed by atoms with van der Waals surface area (Å²) >= 11 is 0. The van der Waals surface area contributed by atoms with E-state index in [0.29, 0.717) is 44.0 Å². The molecule has 3 N–H and O–H groups in total. The first kappa shape index (κ1) is 19.0. The minimum atomic E-state index is -0.396. The van der Waals surface area contributed by atoms with Crippen LogP contribution in [0.25, 0.3) is 0 Å². The van der Waals surface area contributed by atoms with E-state index in [4.69, 9.17) is 4.74 Å².